The standard InChI is InChI=1S/C18H26N6O9/c19-6-13(25)22-10(1-3-14(26)27)16(30)23-11(2-4-15(28)29)17(31)24-12(18(32)33)5-9-7-20-8-21-9/h7-8,10-12H,1-6,19H2,(H,20,21)(H,22,25)(H,23,30)(H,24,31)(H,26,27)(H,28,29)(H,32,33). The Morgan fingerprint density at radius 1 is 0.879 bits per heavy atom. The second-order valence-electron chi connectivity index (χ2n) is 6.93. The highest BCUT2D eigenvalue weighted by Crippen LogP contribution is 2.05. The van der Waals surface area contributed by atoms with Crippen LogP contribution < -0.4 is 21.7 Å². The number of amides is 3. The van der Waals surface area contributed by atoms with Crippen LogP contribution in [0.1, 0.15) is 31.4 Å². The lowest BCUT2D eigenvalue weighted by molar-refractivity contribution is -0.143. The van der Waals surface area contributed by atoms with Crippen LogP contribution in [0.3, 0.4) is 0 Å². The number of aromatic nitrogens is 2. The van der Waals surface area contributed by atoms with Gasteiger partial charge in [-0.2, -0.15) is 0 Å². The molecule has 3 amide bonds. The zero-order valence-electron chi connectivity index (χ0n) is 17.4. The Morgan fingerprint density at radius 3 is 1.82 bits per heavy atom. The highest BCUT2D eigenvalue weighted by molar-refractivity contribution is 5.94. The number of carbonyl (C=O) groups is 6. The lowest BCUT2D eigenvalue weighted by Gasteiger charge is -2.24. The number of hydrogen-bond donors (Lipinski definition) is 8. The van der Waals surface area contributed by atoms with Crippen LogP contribution in [0.5, 0.6) is 0 Å². The van der Waals surface area contributed by atoms with Gasteiger partial charge in [0.2, 0.25) is 17.7 Å². The average molecular weight is 470 g/mol. The summed E-state index contributed by atoms with van der Waals surface area (Å²) in [5.74, 6) is -6.57. The SMILES string of the molecule is NCC(=O)NC(CCC(=O)O)C(=O)NC(CCC(=O)O)C(=O)NC(Cc1cnc[nH]1)C(=O)O. The summed E-state index contributed by atoms with van der Waals surface area (Å²) >= 11 is 0. The van der Waals surface area contributed by atoms with Crippen molar-refractivity contribution >= 4 is 35.6 Å². The smallest absolute Gasteiger partial charge is 0.326 e. The van der Waals surface area contributed by atoms with E-state index in [1.807, 2.05) is 0 Å². The summed E-state index contributed by atoms with van der Waals surface area (Å²) in [6, 6.07) is -4.25. The molecule has 3 atom stereocenters. The fourth-order valence-corrected chi connectivity index (χ4v) is 2.69. The highest BCUT2D eigenvalue weighted by Gasteiger charge is 2.30. The van der Waals surface area contributed by atoms with Gasteiger partial charge in [0.25, 0.3) is 0 Å². The van der Waals surface area contributed by atoms with Crippen molar-refractivity contribution in [1.29, 1.82) is 0 Å². The third-order valence-electron chi connectivity index (χ3n) is 4.36. The van der Waals surface area contributed by atoms with Crippen LogP contribution in [0.4, 0.5) is 0 Å². The van der Waals surface area contributed by atoms with Crippen LogP contribution in [0.25, 0.3) is 0 Å². The molecule has 0 bridgehead atoms. The van der Waals surface area contributed by atoms with Gasteiger partial charge in [-0.1, -0.05) is 0 Å². The molecule has 1 heterocycles. The molecular formula is C18H26N6O9. The fourth-order valence-electron chi connectivity index (χ4n) is 2.69. The average Bonchev–Trinajstić information content (AvgIpc) is 3.25. The Morgan fingerprint density at radius 2 is 1.39 bits per heavy atom. The van der Waals surface area contributed by atoms with E-state index in [9.17, 15) is 33.9 Å². The molecule has 1 aromatic heterocycles. The second kappa shape index (κ2) is 13.4. The summed E-state index contributed by atoms with van der Waals surface area (Å²) in [5.41, 5.74) is 5.60. The number of rotatable bonds is 15. The van der Waals surface area contributed by atoms with Crippen molar-refractivity contribution in [3.63, 3.8) is 0 Å². The summed E-state index contributed by atoms with van der Waals surface area (Å²) in [5, 5.41) is 33.9. The Balaban J connectivity index is 2.97. The molecule has 3 unspecified atom stereocenters. The molecule has 0 spiro atoms. The first-order valence-corrected chi connectivity index (χ1v) is 9.77. The molecule has 0 saturated heterocycles. The number of H-pyrrole nitrogens is 1. The van der Waals surface area contributed by atoms with E-state index in [1.165, 1.54) is 12.5 Å². The molecule has 0 radical (unpaired) electrons. The number of hydrogen-bond acceptors (Lipinski definition) is 8. The minimum atomic E-state index is -1.47. The number of carboxylic acids is 3. The van der Waals surface area contributed by atoms with Gasteiger partial charge in [-0.3, -0.25) is 24.0 Å². The van der Waals surface area contributed by atoms with E-state index in [0.717, 1.165) is 0 Å². The van der Waals surface area contributed by atoms with Gasteiger partial charge in [-0.25, -0.2) is 9.78 Å². The molecule has 0 fully saturated rings. The van der Waals surface area contributed by atoms with Crippen molar-refractivity contribution in [1.82, 2.24) is 25.9 Å². The van der Waals surface area contributed by atoms with E-state index >= 15 is 0 Å². The number of imidazole rings is 1. The van der Waals surface area contributed by atoms with Gasteiger partial charge < -0.3 is 42.0 Å². The summed E-state index contributed by atoms with van der Waals surface area (Å²) < 4.78 is 0. The number of aromatic amines is 1. The summed E-state index contributed by atoms with van der Waals surface area (Å²) in [6.45, 7) is -0.478. The Labute approximate surface area is 187 Å². The maximum Gasteiger partial charge on any atom is 0.326 e. The molecule has 15 heteroatoms. The van der Waals surface area contributed by atoms with Gasteiger partial charge in [-0.05, 0) is 12.8 Å². The van der Waals surface area contributed by atoms with E-state index in [-0.39, 0.29) is 19.3 Å². The molecule has 0 aliphatic carbocycles. The van der Waals surface area contributed by atoms with Gasteiger partial charge in [-0.15, -0.1) is 0 Å². The first-order valence-electron chi connectivity index (χ1n) is 9.77. The van der Waals surface area contributed by atoms with Crippen molar-refractivity contribution in [3.8, 4) is 0 Å². The van der Waals surface area contributed by atoms with E-state index < -0.39 is 73.1 Å². The predicted octanol–water partition coefficient (Wildman–Crippen LogP) is -2.82. The van der Waals surface area contributed by atoms with Crippen LogP contribution >= 0.6 is 0 Å². The number of carbonyl (C=O) groups excluding carboxylic acids is 3. The lowest BCUT2D eigenvalue weighted by Crippen LogP contribution is -2.56. The third-order valence-corrected chi connectivity index (χ3v) is 4.36. The summed E-state index contributed by atoms with van der Waals surface area (Å²) in [7, 11) is 0. The number of nitrogens with one attached hydrogen (secondary N) is 4. The van der Waals surface area contributed by atoms with Crippen molar-refractivity contribution in [2.75, 3.05) is 6.54 Å². The van der Waals surface area contributed by atoms with E-state index in [1.54, 1.807) is 0 Å². The Kier molecular flexibility index (Phi) is 11.0. The summed E-state index contributed by atoms with van der Waals surface area (Å²) in [6.07, 6.45) is 0.787. The Bertz CT molecular complexity index is 858. The molecule has 0 aliphatic heterocycles. The zero-order chi connectivity index (χ0) is 25.0. The van der Waals surface area contributed by atoms with Gasteiger partial charge >= 0.3 is 17.9 Å². The number of carboxylic acid groups (broad SMARTS) is 3. The molecule has 0 saturated carbocycles. The van der Waals surface area contributed by atoms with E-state index in [0.29, 0.717) is 5.69 Å². The number of nitrogens with two attached hydrogens (primary N) is 1. The van der Waals surface area contributed by atoms with Gasteiger partial charge in [0.15, 0.2) is 0 Å². The maximum atomic E-state index is 12.7. The van der Waals surface area contributed by atoms with Gasteiger partial charge in [0.05, 0.1) is 12.9 Å². The van der Waals surface area contributed by atoms with Crippen LogP contribution in [0.15, 0.2) is 12.5 Å². The molecule has 0 aliphatic rings. The number of nitrogens with zero attached hydrogens (tertiary/aromatic N) is 1. The van der Waals surface area contributed by atoms with Crippen molar-refractivity contribution in [3.05, 3.63) is 18.2 Å². The molecule has 182 valence electrons. The monoisotopic (exact) mass is 470 g/mol. The largest absolute Gasteiger partial charge is 0.481 e. The first-order chi connectivity index (χ1) is 15.5. The lowest BCUT2D eigenvalue weighted by atomic mass is 10.1. The molecule has 0 aromatic carbocycles. The normalized spacial score (nSPS) is 13.2. The van der Waals surface area contributed by atoms with Crippen LogP contribution in [-0.4, -0.2) is 85.6 Å². The molecular weight excluding hydrogens is 444 g/mol. The highest BCUT2D eigenvalue weighted by atomic mass is 16.4. The fraction of sp³-hybridized carbons (Fsp3) is 0.500. The maximum absolute atomic E-state index is 12.7. The van der Waals surface area contributed by atoms with Crippen LogP contribution in [0, 0.1) is 0 Å². The summed E-state index contributed by atoms with van der Waals surface area (Å²) in [4.78, 5) is 76.7. The molecule has 15 nitrogen and oxygen atoms in total. The van der Waals surface area contributed by atoms with E-state index in [4.69, 9.17) is 15.9 Å². The molecule has 33 heavy (non-hydrogen) atoms. The van der Waals surface area contributed by atoms with Gasteiger partial charge in [0, 0.05) is 31.2 Å². The Hall–Kier alpha value is -4.01. The zero-order valence-corrected chi connectivity index (χ0v) is 17.4. The predicted molar refractivity (Wildman–Crippen MR) is 109 cm³/mol. The minimum absolute atomic E-state index is 0.158. The van der Waals surface area contributed by atoms with Crippen molar-refractivity contribution in [2.45, 2.75) is 50.2 Å². The number of aliphatic carboxylic acids is 3. The molecule has 1 rings (SSSR count). The minimum Gasteiger partial charge on any atom is -0.481 e. The van der Waals surface area contributed by atoms with Crippen LogP contribution in [-0.2, 0) is 35.2 Å². The van der Waals surface area contributed by atoms with E-state index in [2.05, 4.69) is 25.9 Å². The van der Waals surface area contributed by atoms with Gasteiger partial charge in [0.1, 0.15) is 18.1 Å². The molecule has 1 aromatic rings. The van der Waals surface area contributed by atoms with Crippen molar-refractivity contribution < 1.29 is 44.1 Å². The second-order valence-corrected chi connectivity index (χ2v) is 6.93. The quantitative estimate of drug-likeness (QED) is 0.130. The topological polar surface area (TPSA) is 254 Å². The first kappa shape index (κ1) is 27.0. The van der Waals surface area contributed by atoms with Crippen LogP contribution in [0.2, 0.25) is 0 Å². The van der Waals surface area contributed by atoms with Crippen molar-refractivity contribution in [2.24, 2.45) is 5.73 Å². The molecule has 9 N–H and O–H groups in total. The third kappa shape index (κ3) is 10.2.